The quantitative estimate of drug-likeness (QED) is 0.522. The van der Waals surface area contributed by atoms with Crippen LogP contribution in [0.4, 0.5) is 10.3 Å². The van der Waals surface area contributed by atoms with Gasteiger partial charge in [-0.1, -0.05) is 30.3 Å². The maximum atomic E-state index is 13.9. The third-order valence-electron chi connectivity index (χ3n) is 5.88. The Balaban J connectivity index is 1.48. The minimum atomic E-state index is -0.334. The van der Waals surface area contributed by atoms with Crippen molar-refractivity contribution in [1.29, 1.82) is 0 Å². The van der Waals surface area contributed by atoms with E-state index in [-0.39, 0.29) is 23.7 Å². The van der Waals surface area contributed by atoms with Gasteiger partial charge in [-0.2, -0.15) is 0 Å². The predicted octanol–water partition coefficient (Wildman–Crippen LogP) is 4.25. The zero-order chi connectivity index (χ0) is 21.4. The van der Waals surface area contributed by atoms with Crippen LogP contribution in [0.5, 0.6) is 0 Å². The number of halogens is 1. The summed E-state index contributed by atoms with van der Waals surface area (Å²) in [6, 6.07) is 14.0. The smallest absolute Gasteiger partial charge is 0.227 e. The van der Waals surface area contributed by atoms with Gasteiger partial charge in [0.05, 0.1) is 18.2 Å². The lowest BCUT2D eigenvalue weighted by molar-refractivity contribution is -0.131. The first-order chi connectivity index (χ1) is 15.1. The second-order valence-electron chi connectivity index (χ2n) is 7.82. The number of nitrogens with two attached hydrogens (primary N) is 1. The number of nitrogen functional groups attached to an aromatic ring is 1. The van der Waals surface area contributed by atoms with Gasteiger partial charge in [-0.25, -0.2) is 14.4 Å². The molecular weight excluding hydrogens is 393 g/mol. The molecule has 0 saturated carbocycles. The van der Waals surface area contributed by atoms with Gasteiger partial charge in [0.25, 0.3) is 0 Å². The Morgan fingerprint density at radius 3 is 2.97 bits per heavy atom. The topological polar surface area (TPSA) is 87.9 Å². The lowest BCUT2D eigenvalue weighted by Gasteiger charge is -2.26. The van der Waals surface area contributed by atoms with Gasteiger partial charge in [-0.05, 0) is 42.2 Å². The molecule has 6 nitrogen and oxygen atoms in total. The number of H-pyrrole nitrogens is 1. The Kier molecular flexibility index (Phi) is 4.86. The van der Waals surface area contributed by atoms with Crippen molar-refractivity contribution in [3.8, 4) is 11.1 Å². The SMILES string of the molecule is Nc1ncc(-c2cccc(F)c2)c([C@@H]2CCCN2C(=O)Cc2c[nH]c3ccccc23)n1. The number of rotatable bonds is 4. The van der Waals surface area contributed by atoms with Gasteiger partial charge in [0.1, 0.15) is 5.82 Å². The normalized spacial score (nSPS) is 16.2. The largest absolute Gasteiger partial charge is 0.368 e. The molecule has 1 atom stereocenters. The van der Waals surface area contributed by atoms with Crippen molar-refractivity contribution in [3.05, 3.63) is 78.0 Å². The maximum absolute atomic E-state index is 13.9. The summed E-state index contributed by atoms with van der Waals surface area (Å²) in [7, 11) is 0. The number of benzene rings is 2. The highest BCUT2D eigenvalue weighted by atomic mass is 19.1. The molecule has 2 aromatic heterocycles. The molecule has 0 bridgehead atoms. The summed E-state index contributed by atoms with van der Waals surface area (Å²) in [5.41, 5.74) is 9.92. The van der Waals surface area contributed by atoms with E-state index in [1.54, 1.807) is 12.3 Å². The molecule has 1 aliphatic heterocycles. The molecule has 3 N–H and O–H groups in total. The molecule has 3 heterocycles. The molecule has 0 radical (unpaired) electrons. The van der Waals surface area contributed by atoms with Crippen LogP contribution in [0.25, 0.3) is 22.0 Å². The van der Waals surface area contributed by atoms with Crippen LogP contribution < -0.4 is 5.73 Å². The fourth-order valence-electron chi connectivity index (χ4n) is 4.43. The van der Waals surface area contributed by atoms with Crippen molar-refractivity contribution < 1.29 is 9.18 Å². The fourth-order valence-corrected chi connectivity index (χ4v) is 4.43. The second kappa shape index (κ2) is 7.83. The van der Waals surface area contributed by atoms with Crippen molar-refractivity contribution in [2.75, 3.05) is 12.3 Å². The first-order valence-electron chi connectivity index (χ1n) is 10.3. The standard InChI is InChI=1S/C24H22FN5O/c25-17-6-3-5-15(11-17)19-14-28-24(26)29-23(19)21-9-4-10-30(21)22(31)12-16-13-27-20-8-2-1-7-18(16)20/h1-3,5-8,11,13-14,21,27H,4,9-10,12H2,(H2,26,28,29)/t21-/m0/s1. The average Bonchev–Trinajstić information content (AvgIpc) is 3.41. The van der Waals surface area contributed by atoms with Crippen LogP contribution in [-0.4, -0.2) is 32.3 Å². The lowest BCUT2D eigenvalue weighted by atomic mass is 9.99. The van der Waals surface area contributed by atoms with E-state index in [1.807, 2.05) is 41.4 Å². The van der Waals surface area contributed by atoms with Crippen LogP contribution in [0, 0.1) is 5.82 Å². The van der Waals surface area contributed by atoms with Crippen LogP contribution in [0.2, 0.25) is 0 Å². The van der Waals surface area contributed by atoms with E-state index in [2.05, 4.69) is 15.0 Å². The number of aromatic nitrogens is 3. The number of likely N-dealkylation sites (tertiary alicyclic amines) is 1. The van der Waals surface area contributed by atoms with Gasteiger partial charge >= 0.3 is 0 Å². The Bertz CT molecular complexity index is 1270. The van der Waals surface area contributed by atoms with Crippen LogP contribution in [0.1, 0.15) is 30.1 Å². The molecule has 1 aliphatic rings. The number of nitrogens with zero attached hydrogens (tertiary/aromatic N) is 3. The highest BCUT2D eigenvalue weighted by Gasteiger charge is 2.33. The van der Waals surface area contributed by atoms with E-state index in [0.717, 1.165) is 29.3 Å². The summed E-state index contributed by atoms with van der Waals surface area (Å²) in [6.07, 6.45) is 5.47. The highest BCUT2D eigenvalue weighted by molar-refractivity contribution is 5.89. The van der Waals surface area contributed by atoms with Crippen molar-refractivity contribution in [1.82, 2.24) is 19.9 Å². The van der Waals surface area contributed by atoms with Gasteiger partial charge in [-0.15, -0.1) is 0 Å². The molecule has 31 heavy (non-hydrogen) atoms. The summed E-state index contributed by atoms with van der Waals surface area (Å²) < 4.78 is 13.9. The van der Waals surface area contributed by atoms with Crippen LogP contribution in [0.3, 0.4) is 0 Å². The number of para-hydroxylation sites is 1. The third kappa shape index (κ3) is 3.63. The first-order valence-corrected chi connectivity index (χ1v) is 10.3. The molecule has 2 aromatic carbocycles. The van der Waals surface area contributed by atoms with Crippen molar-refractivity contribution in [3.63, 3.8) is 0 Å². The first kappa shape index (κ1) is 19.2. The van der Waals surface area contributed by atoms with E-state index in [9.17, 15) is 9.18 Å². The minimum Gasteiger partial charge on any atom is -0.368 e. The highest BCUT2D eigenvalue weighted by Crippen LogP contribution is 2.37. The molecule has 1 saturated heterocycles. The zero-order valence-corrected chi connectivity index (χ0v) is 16.9. The Labute approximate surface area is 178 Å². The Morgan fingerprint density at radius 1 is 1.23 bits per heavy atom. The van der Waals surface area contributed by atoms with Gasteiger partial charge in [0, 0.05) is 35.4 Å². The predicted molar refractivity (Wildman–Crippen MR) is 118 cm³/mol. The van der Waals surface area contributed by atoms with E-state index in [1.165, 1.54) is 12.1 Å². The van der Waals surface area contributed by atoms with Crippen molar-refractivity contribution in [2.24, 2.45) is 0 Å². The van der Waals surface area contributed by atoms with Gasteiger partial charge in [-0.3, -0.25) is 4.79 Å². The third-order valence-corrected chi connectivity index (χ3v) is 5.88. The Hall–Kier alpha value is -3.74. The molecule has 1 amide bonds. The average molecular weight is 415 g/mol. The van der Waals surface area contributed by atoms with E-state index < -0.39 is 0 Å². The number of amides is 1. The molecule has 4 aromatic rings. The molecular formula is C24H22FN5O. The molecule has 0 spiro atoms. The van der Waals surface area contributed by atoms with Crippen LogP contribution in [-0.2, 0) is 11.2 Å². The maximum Gasteiger partial charge on any atom is 0.227 e. The van der Waals surface area contributed by atoms with Gasteiger partial charge in [0.15, 0.2) is 0 Å². The number of aromatic amines is 1. The van der Waals surface area contributed by atoms with Crippen LogP contribution in [0.15, 0.2) is 60.9 Å². The fraction of sp³-hybridized carbons (Fsp3) is 0.208. The number of nitrogens with one attached hydrogen (secondary N) is 1. The number of carbonyl (C=O) groups is 1. The summed E-state index contributed by atoms with van der Waals surface area (Å²) >= 11 is 0. The number of hydrogen-bond donors (Lipinski definition) is 2. The van der Waals surface area contributed by atoms with E-state index in [4.69, 9.17) is 5.73 Å². The zero-order valence-electron chi connectivity index (χ0n) is 16.9. The number of anilines is 1. The molecule has 5 rings (SSSR count). The van der Waals surface area contributed by atoms with Crippen LogP contribution >= 0.6 is 0 Å². The summed E-state index contributed by atoms with van der Waals surface area (Å²) in [5.74, 6) is -0.153. The van der Waals surface area contributed by atoms with E-state index in [0.29, 0.717) is 29.8 Å². The second-order valence-corrected chi connectivity index (χ2v) is 7.82. The Morgan fingerprint density at radius 2 is 2.10 bits per heavy atom. The number of hydrogen-bond acceptors (Lipinski definition) is 4. The van der Waals surface area contributed by atoms with Gasteiger partial charge < -0.3 is 15.6 Å². The summed E-state index contributed by atoms with van der Waals surface area (Å²) in [4.78, 5) is 27.0. The molecule has 156 valence electrons. The molecule has 1 fully saturated rings. The number of carbonyl (C=O) groups excluding carboxylic acids is 1. The summed E-state index contributed by atoms with van der Waals surface area (Å²) in [5, 5.41) is 1.05. The van der Waals surface area contributed by atoms with Crippen molar-refractivity contribution in [2.45, 2.75) is 25.3 Å². The molecule has 7 heteroatoms. The molecule has 0 aliphatic carbocycles. The number of fused-ring (bicyclic) bond motifs is 1. The van der Waals surface area contributed by atoms with Gasteiger partial charge in [0.2, 0.25) is 11.9 Å². The van der Waals surface area contributed by atoms with E-state index >= 15 is 0 Å². The monoisotopic (exact) mass is 415 g/mol. The summed E-state index contributed by atoms with van der Waals surface area (Å²) in [6.45, 7) is 0.651. The molecule has 0 unspecified atom stereocenters. The minimum absolute atomic E-state index is 0.0367. The lowest BCUT2D eigenvalue weighted by Crippen LogP contribution is -2.32. The van der Waals surface area contributed by atoms with Crippen molar-refractivity contribution >= 4 is 22.8 Å².